The average Bonchev–Trinajstić information content (AvgIpc) is 2.82. The van der Waals surface area contributed by atoms with Gasteiger partial charge in [-0.05, 0) is 53.6 Å². The van der Waals surface area contributed by atoms with Crippen molar-refractivity contribution in [2.24, 2.45) is 0 Å². The molecule has 160 valence electrons. The summed E-state index contributed by atoms with van der Waals surface area (Å²) in [6, 6.07) is 19.4. The molecular formula is C24H25N3O4. The molecule has 0 aliphatic heterocycles. The summed E-state index contributed by atoms with van der Waals surface area (Å²) in [4.78, 5) is 25.2. The second-order valence-electron chi connectivity index (χ2n) is 6.86. The molecule has 0 saturated heterocycles. The van der Waals surface area contributed by atoms with Gasteiger partial charge in [0.25, 0.3) is 11.8 Å². The number of carbonyl (C=O) groups excluding carboxylic acids is 2. The third-order valence-electron chi connectivity index (χ3n) is 4.78. The molecule has 7 nitrogen and oxygen atoms in total. The van der Waals surface area contributed by atoms with Gasteiger partial charge >= 0.3 is 0 Å². The van der Waals surface area contributed by atoms with Gasteiger partial charge in [0.05, 0.1) is 19.8 Å². The van der Waals surface area contributed by atoms with Crippen molar-refractivity contribution in [1.29, 1.82) is 0 Å². The first-order chi connectivity index (χ1) is 15.0. The molecule has 3 aromatic rings. The van der Waals surface area contributed by atoms with Crippen LogP contribution in [-0.4, -0.2) is 26.0 Å². The molecule has 0 unspecified atom stereocenters. The molecule has 0 radical (unpaired) electrons. The summed E-state index contributed by atoms with van der Waals surface area (Å²) in [5, 5.41) is 5.67. The van der Waals surface area contributed by atoms with Crippen molar-refractivity contribution in [2.45, 2.75) is 13.1 Å². The number of nitrogens with two attached hydrogens (primary N) is 1. The SMILES string of the molecule is COc1ccc(CNC(=O)c2ccc(N)c(C(=O)NCc3ccc(OC)cc3)c2)cc1. The number of carbonyl (C=O) groups is 2. The number of rotatable bonds is 8. The molecule has 2 amide bonds. The van der Waals surface area contributed by atoms with E-state index in [-0.39, 0.29) is 17.4 Å². The fourth-order valence-corrected chi connectivity index (χ4v) is 2.94. The molecule has 3 rings (SSSR count). The number of anilines is 1. The van der Waals surface area contributed by atoms with E-state index in [4.69, 9.17) is 15.2 Å². The molecule has 0 saturated carbocycles. The summed E-state index contributed by atoms with van der Waals surface area (Å²) in [6.45, 7) is 0.683. The van der Waals surface area contributed by atoms with Crippen LogP contribution in [0.2, 0.25) is 0 Å². The molecule has 4 N–H and O–H groups in total. The maximum atomic E-state index is 12.6. The summed E-state index contributed by atoms with van der Waals surface area (Å²) in [6.07, 6.45) is 0. The molecule has 0 fully saturated rings. The third-order valence-corrected chi connectivity index (χ3v) is 4.78. The highest BCUT2D eigenvalue weighted by molar-refractivity contribution is 6.03. The summed E-state index contributed by atoms with van der Waals surface area (Å²) >= 11 is 0. The van der Waals surface area contributed by atoms with E-state index in [0.29, 0.717) is 24.3 Å². The highest BCUT2D eigenvalue weighted by atomic mass is 16.5. The largest absolute Gasteiger partial charge is 0.497 e. The monoisotopic (exact) mass is 419 g/mol. The Balaban J connectivity index is 1.62. The number of hydrogen-bond acceptors (Lipinski definition) is 5. The van der Waals surface area contributed by atoms with E-state index in [9.17, 15) is 9.59 Å². The standard InChI is InChI=1S/C24H25N3O4/c1-30-19-8-3-16(4-9-19)14-26-23(28)18-7-12-22(25)21(13-18)24(29)27-15-17-5-10-20(31-2)11-6-17/h3-13H,14-15,25H2,1-2H3,(H,26,28)(H,27,29). The van der Waals surface area contributed by atoms with Crippen molar-refractivity contribution in [3.8, 4) is 11.5 Å². The maximum Gasteiger partial charge on any atom is 0.253 e. The summed E-state index contributed by atoms with van der Waals surface area (Å²) in [5.41, 5.74) is 8.74. The summed E-state index contributed by atoms with van der Waals surface area (Å²) in [7, 11) is 3.20. The molecule has 3 aromatic carbocycles. The Hall–Kier alpha value is -4.00. The normalized spacial score (nSPS) is 10.3. The van der Waals surface area contributed by atoms with Crippen molar-refractivity contribution in [3.63, 3.8) is 0 Å². The summed E-state index contributed by atoms with van der Waals surface area (Å²) in [5.74, 6) is 0.852. The van der Waals surface area contributed by atoms with Gasteiger partial charge in [0, 0.05) is 24.3 Å². The second-order valence-corrected chi connectivity index (χ2v) is 6.86. The van der Waals surface area contributed by atoms with Crippen LogP contribution in [0.5, 0.6) is 11.5 Å². The van der Waals surface area contributed by atoms with Gasteiger partial charge in [0.1, 0.15) is 11.5 Å². The van der Waals surface area contributed by atoms with Crippen LogP contribution in [-0.2, 0) is 13.1 Å². The van der Waals surface area contributed by atoms with E-state index in [1.54, 1.807) is 26.4 Å². The lowest BCUT2D eigenvalue weighted by Gasteiger charge is -2.11. The van der Waals surface area contributed by atoms with Crippen LogP contribution < -0.4 is 25.8 Å². The first-order valence-electron chi connectivity index (χ1n) is 9.72. The maximum absolute atomic E-state index is 12.6. The van der Waals surface area contributed by atoms with E-state index < -0.39 is 0 Å². The minimum absolute atomic E-state index is 0.255. The van der Waals surface area contributed by atoms with E-state index in [1.807, 2.05) is 48.5 Å². The zero-order valence-electron chi connectivity index (χ0n) is 17.5. The van der Waals surface area contributed by atoms with Gasteiger partial charge in [0.2, 0.25) is 0 Å². The fraction of sp³-hybridized carbons (Fsp3) is 0.167. The third kappa shape index (κ3) is 5.76. The quantitative estimate of drug-likeness (QED) is 0.487. The zero-order chi connectivity index (χ0) is 22.2. The summed E-state index contributed by atoms with van der Waals surface area (Å²) < 4.78 is 10.3. The number of nitrogens with one attached hydrogen (secondary N) is 2. The number of benzene rings is 3. The van der Waals surface area contributed by atoms with Crippen LogP contribution in [0, 0.1) is 0 Å². The molecule has 0 aliphatic carbocycles. The fourth-order valence-electron chi connectivity index (χ4n) is 2.94. The van der Waals surface area contributed by atoms with Crippen LogP contribution in [0.4, 0.5) is 5.69 Å². The lowest BCUT2D eigenvalue weighted by Crippen LogP contribution is -2.26. The topological polar surface area (TPSA) is 103 Å². The predicted octanol–water partition coefficient (Wildman–Crippen LogP) is 3.15. The molecule has 31 heavy (non-hydrogen) atoms. The van der Waals surface area contributed by atoms with E-state index in [1.165, 1.54) is 6.07 Å². The molecule has 0 spiro atoms. The average molecular weight is 419 g/mol. The van der Waals surface area contributed by atoms with Gasteiger partial charge in [-0.3, -0.25) is 9.59 Å². The predicted molar refractivity (Wildman–Crippen MR) is 119 cm³/mol. The van der Waals surface area contributed by atoms with Crippen molar-refractivity contribution in [3.05, 3.63) is 89.0 Å². The Labute approximate surface area is 181 Å². The minimum Gasteiger partial charge on any atom is -0.497 e. The van der Waals surface area contributed by atoms with E-state index >= 15 is 0 Å². The van der Waals surface area contributed by atoms with Crippen LogP contribution in [0.15, 0.2) is 66.7 Å². The Morgan fingerprint density at radius 1 is 0.742 bits per heavy atom. The smallest absolute Gasteiger partial charge is 0.253 e. The number of ether oxygens (including phenoxy) is 2. The van der Waals surface area contributed by atoms with Crippen molar-refractivity contribution in [1.82, 2.24) is 10.6 Å². The number of nitrogen functional groups attached to an aromatic ring is 1. The second kappa shape index (κ2) is 10.2. The van der Waals surface area contributed by atoms with Crippen molar-refractivity contribution in [2.75, 3.05) is 20.0 Å². The van der Waals surface area contributed by atoms with Gasteiger partial charge in [-0.25, -0.2) is 0 Å². The van der Waals surface area contributed by atoms with Gasteiger partial charge in [-0.1, -0.05) is 24.3 Å². The highest BCUT2D eigenvalue weighted by Crippen LogP contribution is 2.16. The zero-order valence-corrected chi connectivity index (χ0v) is 17.5. The number of amides is 2. The minimum atomic E-state index is -0.349. The van der Waals surface area contributed by atoms with Gasteiger partial charge in [-0.2, -0.15) is 0 Å². The molecule has 0 aromatic heterocycles. The highest BCUT2D eigenvalue weighted by Gasteiger charge is 2.14. The Morgan fingerprint density at radius 3 is 1.71 bits per heavy atom. The van der Waals surface area contributed by atoms with Crippen molar-refractivity contribution < 1.29 is 19.1 Å². The van der Waals surface area contributed by atoms with Crippen molar-refractivity contribution >= 4 is 17.5 Å². The molecular weight excluding hydrogens is 394 g/mol. The molecule has 0 aliphatic rings. The van der Waals surface area contributed by atoms with Gasteiger partial charge in [-0.15, -0.1) is 0 Å². The molecule has 0 atom stereocenters. The number of hydrogen-bond donors (Lipinski definition) is 3. The molecule has 0 heterocycles. The molecule has 0 bridgehead atoms. The Bertz CT molecular complexity index is 1050. The number of methoxy groups -OCH3 is 2. The van der Waals surface area contributed by atoms with Gasteiger partial charge in [0.15, 0.2) is 0 Å². The van der Waals surface area contributed by atoms with Gasteiger partial charge < -0.3 is 25.8 Å². The Kier molecular flexibility index (Phi) is 7.11. The van der Waals surface area contributed by atoms with E-state index in [0.717, 1.165) is 22.6 Å². The molecule has 7 heteroatoms. The van der Waals surface area contributed by atoms with Crippen LogP contribution in [0.1, 0.15) is 31.8 Å². The Morgan fingerprint density at radius 2 is 1.23 bits per heavy atom. The first-order valence-corrected chi connectivity index (χ1v) is 9.72. The lowest BCUT2D eigenvalue weighted by molar-refractivity contribution is 0.0950. The van der Waals surface area contributed by atoms with E-state index in [2.05, 4.69) is 10.6 Å². The van der Waals surface area contributed by atoms with Crippen LogP contribution in [0.25, 0.3) is 0 Å². The van der Waals surface area contributed by atoms with Crippen LogP contribution in [0.3, 0.4) is 0 Å². The first kappa shape index (κ1) is 21.7. The van der Waals surface area contributed by atoms with Crippen LogP contribution >= 0.6 is 0 Å². The lowest BCUT2D eigenvalue weighted by atomic mass is 10.1.